The van der Waals surface area contributed by atoms with E-state index in [2.05, 4.69) is 135 Å². The second-order valence-corrected chi connectivity index (χ2v) is 15.8. The van der Waals surface area contributed by atoms with Gasteiger partial charge in [-0.25, -0.2) is 0 Å². The van der Waals surface area contributed by atoms with Crippen LogP contribution in [-0.2, 0) is 19.1 Å². The van der Waals surface area contributed by atoms with Crippen LogP contribution in [0.25, 0.3) is 0 Å². The molecule has 0 saturated heterocycles. The molecule has 0 aromatic carbocycles. The Kier molecular flexibility index (Phi) is 47.6. The van der Waals surface area contributed by atoms with E-state index in [4.69, 9.17) is 9.47 Å². The van der Waals surface area contributed by atoms with Crippen LogP contribution in [0.2, 0.25) is 0 Å². The van der Waals surface area contributed by atoms with E-state index in [1.165, 1.54) is 70.6 Å². The van der Waals surface area contributed by atoms with Crippen molar-refractivity contribution < 1.29 is 24.2 Å². The number of aliphatic hydroxyl groups is 1. The molecular weight excluding hydrogens is 753 g/mol. The van der Waals surface area contributed by atoms with Crippen LogP contribution in [0.4, 0.5) is 0 Å². The lowest BCUT2D eigenvalue weighted by Gasteiger charge is -2.15. The molecular formula is C56H90O5. The maximum Gasteiger partial charge on any atom is 0.306 e. The third kappa shape index (κ3) is 48.8. The Balaban J connectivity index is 3.58. The van der Waals surface area contributed by atoms with E-state index in [-0.39, 0.29) is 25.2 Å². The molecule has 0 aliphatic rings. The minimum absolute atomic E-state index is 0.0724. The molecule has 0 spiro atoms. The van der Waals surface area contributed by atoms with Crippen molar-refractivity contribution in [2.24, 2.45) is 0 Å². The molecule has 0 radical (unpaired) electrons. The molecule has 0 aliphatic heterocycles. The standard InChI is InChI=1S/C56H90O5/c1-3-5-7-9-11-12-13-14-15-16-17-18-19-20-21-22-23-24-25-26-27-28-29-30-31-32-33-34-35-36-37-38-39-40-41-42-43-44-45-47-49-51-56(59)61-54(52-57)53-60-55(58)50-48-46-10-8-6-4-2/h5,7,11-12,14-15,17-18,20-21,23-24,26-27,29-30,32-33,35-36,54,57H,3-4,6,8-10,13,16,19,22,25,28,31,34,37-53H2,1-2H3/b7-5-,12-11-,15-14-,18-17-,21-20-,24-23-,27-26-,30-29-,33-32-,36-35-. The molecule has 0 fully saturated rings. The first kappa shape index (κ1) is 57.3. The predicted octanol–water partition coefficient (Wildman–Crippen LogP) is 16.3. The normalized spacial score (nSPS) is 13.3. The number of hydrogen-bond donors (Lipinski definition) is 1. The molecule has 61 heavy (non-hydrogen) atoms. The van der Waals surface area contributed by atoms with Crippen LogP contribution >= 0.6 is 0 Å². The van der Waals surface area contributed by atoms with Crippen LogP contribution in [0, 0.1) is 0 Å². The van der Waals surface area contributed by atoms with Gasteiger partial charge >= 0.3 is 11.9 Å². The molecule has 344 valence electrons. The minimum atomic E-state index is -0.775. The molecule has 0 saturated carbocycles. The van der Waals surface area contributed by atoms with Crippen molar-refractivity contribution in [1.29, 1.82) is 0 Å². The molecule has 0 bridgehead atoms. The summed E-state index contributed by atoms with van der Waals surface area (Å²) in [5, 5.41) is 9.52. The van der Waals surface area contributed by atoms with Gasteiger partial charge in [0.1, 0.15) is 6.61 Å². The van der Waals surface area contributed by atoms with Gasteiger partial charge in [0.05, 0.1) is 6.61 Å². The predicted molar refractivity (Wildman–Crippen MR) is 265 cm³/mol. The smallest absolute Gasteiger partial charge is 0.306 e. The third-order valence-electron chi connectivity index (χ3n) is 10.0. The zero-order valence-corrected chi connectivity index (χ0v) is 39.1. The Morgan fingerprint density at radius 2 is 0.705 bits per heavy atom. The fourth-order valence-electron chi connectivity index (χ4n) is 6.35. The first-order valence-corrected chi connectivity index (χ1v) is 24.6. The van der Waals surface area contributed by atoms with Gasteiger partial charge < -0.3 is 14.6 Å². The molecule has 0 aromatic rings. The molecule has 0 heterocycles. The fraction of sp³-hybridized carbons (Fsp3) is 0.607. The van der Waals surface area contributed by atoms with Crippen LogP contribution < -0.4 is 0 Å². The average molecular weight is 843 g/mol. The number of carbonyl (C=O) groups is 2. The fourth-order valence-corrected chi connectivity index (χ4v) is 6.35. The molecule has 1 atom stereocenters. The van der Waals surface area contributed by atoms with Gasteiger partial charge in [-0.05, 0) is 89.9 Å². The maximum absolute atomic E-state index is 12.2. The molecule has 1 unspecified atom stereocenters. The van der Waals surface area contributed by atoms with Crippen molar-refractivity contribution >= 4 is 11.9 Å². The van der Waals surface area contributed by atoms with Gasteiger partial charge in [-0.15, -0.1) is 0 Å². The summed E-state index contributed by atoms with van der Waals surface area (Å²) in [5.41, 5.74) is 0. The van der Waals surface area contributed by atoms with Gasteiger partial charge in [0.15, 0.2) is 6.10 Å². The molecule has 0 aromatic heterocycles. The van der Waals surface area contributed by atoms with Gasteiger partial charge in [-0.1, -0.05) is 219 Å². The molecule has 5 nitrogen and oxygen atoms in total. The van der Waals surface area contributed by atoms with E-state index in [9.17, 15) is 14.7 Å². The van der Waals surface area contributed by atoms with Crippen molar-refractivity contribution in [2.75, 3.05) is 13.2 Å². The number of allylic oxidation sites excluding steroid dienone is 20. The van der Waals surface area contributed by atoms with Crippen molar-refractivity contribution in [2.45, 2.75) is 206 Å². The summed E-state index contributed by atoms with van der Waals surface area (Å²) in [6.45, 7) is 3.94. The van der Waals surface area contributed by atoms with Crippen molar-refractivity contribution in [1.82, 2.24) is 0 Å². The summed E-state index contributed by atoms with van der Waals surface area (Å²) in [7, 11) is 0. The highest BCUT2D eigenvalue weighted by Crippen LogP contribution is 2.13. The van der Waals surface area contributed by atoms with E-state index in [0.29, 0.717) is 12.8 Å². The van der Waals surface area contributed by atoms with Crippen LogP contribution in [0.1, 0.15) is 200 Å². The van der Waals surface area contributed by atoms with Crippen molar-refractivity contribution in [3.63, 3.8) is 0 Å². The lowest BCUT2D eigenvalue weighted by molar-refractivity contribution is -0.161. The summed E-state index contributed by atoms with van der Waals surface area (Å²) in [5.74, 6) is -0.613. The molecule has 0 aliphatic carbocycles. The second kappa shape index (κ2) is 50.7. The van der Waals surface area contributed by atoms with Gasteiger partial charge in [0.25, 0.3) is 0 Å². The quantitative estimate of drug-likeness (QED) is 0.0376. The topological polar surface area (TPSA) is 72.8 Å². The summed E-state index contributed by atoms with van der Waals surface area (Å²) in [4.78, 5) is 24.1. The number of ether oxygens (including phenoxy) is 2. The first-order chi connectivity index (χ1) is 30.1. The summed E-state index contributed by atoms with van der Waals surface area (Å²) >= 11 is 0. The van der Waals surface area contributed by atoms with E-state index in [1.807, 2.05) is 0 Å². The monoisotopic (exact) mass is 843 g/mol. The number of carbonyl (C=O) groups excluding carboxylic acids is 2. The highest BCUT2D eigenvalue weighted by atomic mass is 16.6. The van der Waals surface area contributed by atoms with Crippen LogP contribution in [0.3, 0.4) is 0 Å². The molecule has 1 N–H and O–H groups in total. The number of esters is 2. The van der Waals surface area contributed by atoms with Crippen LogP contribution in [-0.4, -0.2) is 36.4 Å². The Hall–Kier alpha value is -3.70. The Labute approximate surface area is 375 Å². The summed E-state index contributed by atoms with van der Waals surface area (Å²) < 4.78 is 10.5. The third-order valence-corrected chi connectivity index (χ3v) is 10.0. The van der Waals surface area contributed by atoms with E-state index < -0.39 is 6.10 Å². The molecule has 0 rings (SSSR count). The van der Waals surface area contributed by atoms with Gasteiger partial charge in [-0.3, -0.25) is 9.59 Å². The highest BCUT2D eigenvalue weighted by molar-refractivity contribution is 5.70. The lowest BCUT2D eigenvalue weighted by atomic mass is 10.0. The van der Waals surface area contributed by atoms with Crippen molar-refractivity contribution in [3.05, 3.63) is 122 Å². The summed E-state index contributed by atoms with van der Waals surface area (Å²) in [6.07, 6.45) is 74.7. The second-order valence-electron chi connectivity index (χ2n) is 15.8. The highest BCUT2D eigenvalue weighted by Gasteiger charge is 2.16. The molecule has 5 heteroatoms. The lowest BCUT2D eigenvalue weighted by Crippen LogP contribution is -2.28. The zero-order chi connectivity index (χ0) is 44.2. The van der Waals surface area contributed by atoms with E-state index in [1.54, 1.807) is 0 Å². The Bertz CT molecular complexity index is 1270. The van der Waals surface area contributed by atoms with E-state index >= 15 is 0 Å². The Morgan fingerprint density at radius 1 is 0.393 bits per heavy atom. The summed E-state index contributed by atoms with van der Waals surface area (Å²) in [6, 6.07) is 0. The number of hydrogen-bond acceptors (Lipinski definition) is 5. The van der Waals surface area contributed by atoms with E-state index in [0.717, 1.165) is 103 Å². The van der Waals surface area contributed by atoms with Gasteiger partial charge in [0, 0.05) is 12.8 Å². The Morgan fingerprint density at radius 3 is 1.07 bits per heavy atom. The minimum Gasteiger partial charge on any atom is -0.462 e. The number of unbranched alkanes of at least 4 members (excludes halogenated alkanes) is 15. The number of rotatable bonds is 43. The van der Waals surface area contributed by atoms with Gasteiger partial charge in [0.2, 0.25) is 0 Å². The maximum atomic E-state index is 12.2. The SMILES string of the molecule is CC/C=C\C/C=C\C/C=C\C/C=C\C/C=C\C/C=C\C/C=C\C/C=C\C/C=C\C/C=C\CCCCCCCCCCCCC(=O)OC(CO)COC(=O)CCCCCCCC. The van der Waals surface area contributed by atoms with Crippen molar-refractivity contribution in [3.8, 4) is 0 Å². The zero-order valence-electron chi connectivity index (χ0n) is 39.1. The average Bonchev–Trinajstić information content (AvgIpc) is 3.26. The van der Waals surface area contributed by atoms with Crippen LogP contribution in [0.15, 0.2) is 122 Å². The van der Waals surface area contributed by atoms with Crippen LogP contribution in [0.5, 0.6) is 0 Å². The largest absolute Gasteiger partial charge is 0.462 e. The number of aliphatic hydroxyl groups excluding tert-OH is 1. The molecule has 0 amide bonds. The van der Waals surface area contributed by atoms with Gasteiger partial charge in [-0.2, -0.15) is 0 Å². The first-order valence-electron chi connectivity index (χ1n) is 24.6.